The van der Waals surface area contributed by atoms with Crippen LogP contribution in [0.25, 0.3) is 5.69 Å². The van der Waals surface area contributed by atoms with Crippen LogP contribution < -0.4 is 16.6 Å². The van der Waals surface area contributed by atoms with Crippen LogP contribution in [0.1, 0.15) is 43.5 Å². The lowest BCUT2D eigenvalue weighted by molar-refractivity contribution is -0.114. The number of anilines is 1. The first-order valence-corrected chi connectivity index (χ1v) is 9.44. The lowest BCUT2D eigenvalue weighted by atomic mass is 10.0. The summed E-state index contributed by atoms with van der Waals surface area (Å²) in [6, 6.07) is 14.6. The number of rotatable bonds is 5. The van der Waals surface area contributed by atoms with Gasteiger partial charge in [-0.05, 0) is 42.2 Å². The van der Waals surface area contributed by atoms with Gasteiger partial charge in [0.1, 0.15) is 5.69 Å². The molecule has 0 aliphatic heterocycles. The van der Waals surface area contributed by atoms with E-state index in [1.54, 1.807) is 31.2 Å². The topological polar surface area (TPSA) is 86.0 Å². The molecule has 0 bridgehead atoms. The molecule has 3 aromatic rings. The SMILES string of the molecule is CC(=O)Nc1cccc(-n2nc(C)c(=O)n(Cc3ccc(C(C)C)cc3)c2=O)c1. The van der Waals surface area contributed by atoms with E-state index in [-0.39, 0.29) is 18.1 Å². The molecule has 150 valence electrons. The zero-order valence-electron chi connectivity index (χ0n) is 17.0. The predicted molar refractivity (Wildman–Crippen MR) is 113 cm³/mol. The van der Waals surface area contributed by atoms with Crippen molar-refractivity contribution in [2.75, 3.05) is 5.32 Å². The summed E-state index contributed by atoms with van der Waals surface area (Å²) in [5, 5.41) is 6.84. The van der Waals surface area contributed by atoms with E-state index < -0.39 is 11.2 Å². The van der Waals surface area contributed by atoms with Crippen LogP contribution in [-0.4, -0.2) is 20.3 Å². The largest absolute Gasteiger partial charge is 0.352 e. The second-order valence-corrected chi connectivity index (χ2v) is 7.30. The first-order chi connectivity index (χ1) is 13.8. The molecular formula is C22H24N4O3. The van der Waals surface area contributed by atoms with Gasteiger partial charge in [0.05, 0.1) is 12.2 Å². The number of carbonyl (C=O) groups is 1. The fraction of sp³-hybridized carbons (Fsp3) is 0.273. The molecule has 0 aliphatic rings. The van der Waals surface area contributed by atoms with E-state index in [0.717, 1.165) is 5.56 Å². The van der Waals surface area contributed by atoms with E-state index in [1.807, 2.05) is 24.3 Å². The van der Waals surface area contributed by atoms with Crippen molar-refractivity contribution < 1.29 is 4.79 Å². The number of amides is 1. The Hall–Kier alpha value is -3.48. The first-order valence-electron chi connectivity index (χ1n) is 9.44. The third-order valence-corrected chi connectivity index (χ3v) is 4.61. The molecule has 7 nitrogen and oxygen atoms in total. The van der Waals surface area contributed by atoms with Gasteiger partial charge in [-0.2, -0.15) is 9.78 Å². The second kappa shape index (κ2) is 8.26. The van der Waals surface area contributed by atoms with E-state index in [4.69, 9.17) is 0 Å². The van der Waals surface area contributed by atoms with Gasteiger partial charge in [-0.25, -0.2) is 4.79 Å². The van der Waals surface area contributed by atoms with Crippen molar-refractivity contribution in [2.45, 2.75) is 40.2 Å². The van der Waals surface area contributed by atoms with Crippen molar-refractivity contribution >= 4 is 11.6 Å². The molecule has 0 saturated carbocycles. The third-order valence-electron chi connectivity index (χ3n) is 4.61. The van der Waals surface area contributed by atoms with E-state index in [2.05, 4.69) is 24.3 Å². The van der Waals surface area contributed by atoms with Crippen molar-refractivity contribution in [3.05, 3.63) is 86.2 Å². The number of benzene rings is 2. The Bertz CT molecular complexity index is 1160. The normalized spacial score (nSPS) is 10.9. The van der Waals surface area contributed by atoms with E-state index in [0.29, 0.717) is 17.3 Å². The molecule has 1 N–H and O–H groups in total. The number of carbonyl (C=O) groups excluding carboxylic acids is 1. The third kappa shape index (κ3) is 4.51. The van der Waals surface area contributed by atoms with Crippen molar-refractivity contribution in [2.24, 2.45) is 0 Å². The number of hydrogen-bond donors (Lipinski definition) is 1. The van der Waals surface area contributed by atoms with Gasteiger partial charge in [0.15, 0.2) is 0 Å². The van der Waals surface area contributed by atoms with Gasteiger partial charge in [0, 0.05) is 12.6 Å². The van der Waals surface area contributed by atoms with Crippen LogP contribution in [0.2, 0.25) is 0 Å². The molecule has 0 aliphatic carbocycles. The number of aromatic nitrogens is 3. The van der Waals surface area contributed by atoms with Crippen LogP contribution in [0.15, 0.2) is 58.1 Å². The van der Waals surface area contributed by atoms with Gasteiger partial charge in [-0.1, -0.05) is 44.2 Å². The van der Waals surface area contributed by atoms with Crippen LogP contribution >= 0.6 is 0 Å². The molecule has 0 unspecified atom stereocenters. The van der Waals surface area contributed by atoms with Crippen LogP contribution in [-0.2, 0) is 11.3 Å². The van der Waals surface area contributed by atoms with Crippen molar-refractivity contribution in [3.63, 3.8) is 0 Å². The summed E-state index contributed by atoms with van der Waals surface area (Å²) in [5.41, 5.74) is 2.33. The Balaban J connectivity index is 2.04. The first kappa shape index (κ1) is 20.3. The summed E-state index contributed by atoms with van der Waals surface area (Å²) in [6.07, 6.45) is 0. The lowest BCUT2D eigenvalue weighted by Gasteiger charge is -2.12. The minimum atomic E-state index is -0.534. The van der Waals surface area contributed by atoms with Gasteiger partial charge in [-0.15, -0.1) is 0 Å². The maximum Gasteiger partial charge on any atom is 0.352 e. The molecule has 0 spiro atoms. The molecular weight excluding hydrogens is 368 g/mol. The highest BCUT2D eigenvalue weighted by molar-refractivity contribution is 5.88. The van der Waals surface area contributed by atoms with Crippen LogP contribution in [0.4, 0.5) is 5.69 Å². The standard InChI is InChI=1S/C22H24N4O3/c1-14(2)18-10-8-17(9-11-18)13-25-21(28)15(3)24-26(22(25)29)20-7-5-6-19(12-20)23-16(4)27/h5-12,14H,13H2,1-4H3,(H,23,27). The molecule has 29 heavy (non-hydrogen) atoms. The van der Waals surface area contributed by atoms with Gasteiger partial charge in [0.25, 0.3) is 5.56 Å². The van der Waals surface area contributed by atoms with Crippen molar-refractivity contribution in [1.29, 1.82) is 0 Å². The lowest BCUT2D eigenvalue weighted by Crippen LogP contribution is -2.42. The number of aryl methyl sites for hydroxylation is 1. The van der Waals surface area contributed by atoms with Gasteiger partial charge in [-0.3, -0.25) is 14.2 Å². The molecule has 1 amide bonds. The molecule has 0 atom stereocenters. The maximum atomic E-state index is 13.0. The minimum Gasteiger partial charge on any atom is -0.326 e. The van der Waals surface area contributed by atoms with E-state index >= 15 is 0 Å². The quantitative estimate of drug-likeness (QED) is 0.723. The Morgan fingerprint density at radius 2 is 1.79 bits per heavy atom. The van der Waals surface area contributed by atoms with Crippen LogP contribution in [0.5, 0.6) is 0 Å². The maximum absolute atomic E-state index is 13.0. The van der Waals surface area contributed by atoms with E-state index in [9.17, 15) is 14.4 Å². The molecule has 1 aromatic heterocycles. The second-order valence-electron chi connectivity index (χ2n) is 7.30. The summed E-state index contributed by atoms with van der Waals surface area (Å²) in [6.45, 7) is 7.37. The van der Waals surface area contributed by atoms with Gasteiger partial charge < -0.3 is 5.32 Å². The summed E-state index contributed by atoms with van der Waals surface area (Å²) >= 11 is 0. The molecule has 0 saturated heterocycles. The number of nitrogens with one attached hydrogen (secondary N) is 1. The Morgan fingerprint density at radius 1 is 1.10 bits per heavy atom. The predicted octanol–water partition coefficient (Wildman–Crippen LogP) is 2.83. The van der Waals surface area contributed by atoms with Gasteiger partial charge in [0.2, 0.25) is 5.91 Å². The molecule has 1 heterocycles. The summed E-state index contributed by atoms with van der Waals surface area (Å²) in [5.74, 6) is 0.191. The van der Waals surface area contributed by atoms with E-state index in [1.165, 1.54) is 21.7 Å². The number of nitrogens with zero attached hydrogens (tertiary/aromatic N) is 3. The average Bonchev–Trinajstić information content (AvgIpc) is 2.68. The molecule has 0 fully saturated rings. The Labute approximate surface area is 168 Å². The summed E-state index contributed by atoms with van der Waals surface area (Å²) in [7, 11) is 0. The molecule has 2 aromatic carbocycles. The Morgan fingerprint density at radius 3 is 2.41 bits per heavy atom. The van der Waals surface area contributed by atoms with Crippen molar-refractivity contribution in [1.82, 2.24) is 14.3 Å². The summed E-state index contributed by atoms with van der Waals surface area (Å²) in [4.78, 5) is 36.9. The fourth-order valence-corrected chi connectivity index (χ4v) is 3.05. The van der Waals surface area contributed by atoms with Gasteiger partial charge >= 0.3 is 5.69 Å². The minimum absolute atomic E-state index is 0.158. The molecule has 7 heteroatoms. The van der Waals surface area contributed by atoms with Crippen LogP contribution in [0.3, 0.4) is 0 Å². The zero-order chi connectivity index (χ0) is 21.1. The fourth-order valence-electron chi connectivity index (χ4n) is 3.05. The number of hydrogen-bond acceptors (Lipinski definition) is 4. The smallest absolute Gasteiger partial charge is 0.326 e. The highest BCUT2D eigenvalue weighted by Crippen LogP contribution is 2.15. The zero-order valence-corrected chi connectivity index (χ0v) is 17.0. The van der Waals surface area contributed by atoms with Crippen molar-refractivity contribution in [3.8, 4) is 5.69 Å². The highest BCUT2D eigenvalue weighted by Gasteiger charge is 2.13. The highest BCUT2D eigenvalue weighted by atomic mass is 16.2. The average molecular weight is 392 g/mol. The van der Waals surface area contributed by atoms with Crippen LogP contribution in [0, 0.1) is 6.92 Å². The Kier molecular flexibility index (Phi) is 5.77. The summed E-state index contributed by atoms with van der Waals surface area (Å²) < 4.78 is 2.36. The monoisotopic (exact) mass is 392 g/mol. The molecule has 3 rings (SSSR count). The molecule has 0 radical (unpaired) electrons.